The van der Waals surface area contributed by atoms with Crippen molar-refractivity contribution in [2.75, 3.05) is 13.1 Å². The molecule has 1 amide bonds. The Balaban J connectivity index is 2.24. The van der Waals surface area contributed by atoms with Crippen LogP contribution in [0.3, 0.4) is 0 Å². The Labute approximate surface area is 86.6 Å². The molecule has 1 heterocycles. The average Bonchev–Trinajstić information content (AvgIpc) is 2.15. The van der Waals surface area contributed by atoms with E-state index in [4.69, 9.17) is 5.73 Å². The topological polar surface area (TPSA) is 46.3 Å². The smallest absolute Gasteiger partial charge is 0.222 e. The number of carbonyl (C=O) groups excluding carboxylic acids is 1. The van der Waals surface area contributed by atoms with E-state index in [2.05, 4.69) is 13.8 Å². The fraction of sp³-hybridized carbons (Fsp3) is 0.909. The highest BCUT2D eigenvalue weighted by Gasteiger charge is 2.19. The molecular formula is C11H22N2O. The zero-order valence-electron chi connectivity index (χ0n) is 9.33. The molecule has 0 aliphatic carbocycles. The van der Waals surface area contributed by atoms with E-state index >= 15 is 0 Å². The molecule has 0 aromatic carbocycles. The SMILES string of the molecule is CC(C)CCC(=O)N1CCC(N)CC1. The third-order valence-electron chi connectivity index (χ3n) is 2.83. The van der Waals surface area contributed by atoms with Crippen molar-refractivity contribution < 1.29 is 4.79 Å². The number of rotatable bonds is 3. The zero-order chi connectivity index (χ0) is 10.6. The fourth-order valence-corrected chi connectivity index (χ4v) is 1.72. The summed E-state index contributed by atoms with van der Waals surface area (Å²) in [6, 6.07) is 0.309. The molecule has 14 heavy (non-hydrogen) atoms. The summed E-state index contributed by atoms with van der Waals surface area (Å²) >= 11 is 0. The molecule has 0 radical (unpaired) electrons. The number of nitrogens with two attached hydrogens (primary N) is 1. The second-order valence-corrected chi connectivity index (χ2v) is 4.65. The Morgan fingerprint density at radius 2 is 2.00 bits per heavy atom. The van der Waals surface area contributed by atoms with Gasteiger partial charge in [0.25, 0.3) is 0 Å². The van der Waals surface area contributed by atoms with Crippen molar-refractivity contribution in [3.8, 4) is 0 Å². The van der Waals surface area contributed by atoms with Crippen molar-refractivity contribution in [3.63, 3.8) is 0 Å². The van der Waals surface area contributed by atoms with Crippen LogP contribution in [0.15, 0.2) is 0 Å². The normalized spacial score (nSPS) is 19.0. The molecule has 1 rings (SSSR count). The third-order valence-corrected chi connectivity index (χ3v) is 2.83. The number of amides is 1. The van der Waals surface area contributed by atoms with Crippen LogP contribution >= 0.6 is 0 Å². The summed E-state index contributed by atoms with van der Waals surface area (Å²) in [6.45, 7) is 6.02. The number of likely N-dealkylation sites (tertiary alicyclic amines) is 1. The lowest BCUT2D eigenvalue weighted by Crippen LogP contribution is -2.42. The Kier molecular flexibility index (Phi) is 4.39. The molecular weight excluding hydrogens is 176 g/mol. The molecule has 0 saturated carbocycles. The van der Waals surface area contributed by atoms with Crippen LogP contribution in [0.5, 0.6) is 0 Å². The summed E-state index contributed by atoms with van der Waals surface area (Å²) in [6.07, 6.45) is 3.63. The molecule has 1 aliphatic heterocycles. The maximum atomic E-state index is 11.7. The Morgan fingerprint density at radius 3 is 2.50 bits per heavy atom. The van der Waals surface area contributed by atoms with Crippen LogP contribution < -0.4 is 5.73 Å². The van der Waals surface area contributed by atoms with E-state index in [-0.39, 0.29) is 0 Å². The van der Waals surface area contributed by atoms with Gasteiger partial charge in [-0.05, 0) is 25.2 Å². The molecule has 0 aromatic rings. The molecule has 0 bridgehead atoms. The van der Waals surface area contributed by atoms with Crippen molar-refractivity contribution in [3.05, 3.63) is 0 Å². The van der Waals surface area contributed by atoms with Crippen LogP contribution in [0.2, 0.25) is 0 Å². The van der Waals surface area contributed by atoms with E-state index < -0.39 is 0 Å². The minimum absolute atomic E-state index is 0.309. The second-order valence-electron chi connectivity index (χ2n) is 4.65. The minimum atomic E-state index is 0.309. The summed E-state index contributed by atoms with van der Waals surface area (Å²) in [7, 11) is 0. The molecule has 1 saturated heterocycles. The van der Waals surface area contributed by atoms with E-state index in [9.17, 15) is 4.79 Å². The Bertz CT molecular complexity index is 184. The zero-order valence-corrected chi connectivity index (χ0v) is 9.33. The van der Waals surface area contributed by atoms with Crippen molar-refractivity contribution in [2.24, 2.45) is 11.7 Å². The highest BCUT2D eigenvalue weighted by atomic mass is 16.2. The van der Waals surface area contributed by atoms with Crippen molar-refractivity contribution >= 4 is 5.91 Å². The van der Waals surface area contributed by atoms with E-state index in [1.54, 1.807) is 0 Å². The highest BCUT2D eigenvalue weighted by molar-refractivity contribution is 5.76. The number of nitrogens with zero attached hydrogens (tertiary/aromatic N) is 1. The van der Waals surface area contributed by atoms with Crippen LogP contribution in [0.1, 0.15) is 39.5 Å². The molecule has 0 unspecified atom stereocenters. The standard InChI is InChI=1S/C11H22N2O/c1-9(2)3-4-11(14)13-7-5-10(12)6-8-13/h9-10H,3-8,12H2,1-2H3. The van der Waals surface area contributed by atoms with Crippen LogP contribution in [-0.4, -0.2) is 29.9 Å². The third kappa shape index (κ3) is 3.66. The molecule has 1 aliphatic rings. The summed E-state index contributed by atoms with van der Waals surface area (Å²) in [4.78, 5) is 13.7. The van der Waals surface area contributed by atoms with Gasteiger partial charge in [0.1, 0.15) is 0 Å². The summed E-state index contributed by atoms with van der Waals surface area (Å²) in [5.74, 6) is 0.927. The lowest BCUT2D eigenvalue weighted by atomic mass is 10.0. The van der Waals surface area contributed by atoms with Crippen LogP contribution in [-0.2, 0) is 4.79 Å². The van der Waals surface area contributed by atoms with Crippen LogP contribution in [0.25, 0.3) is 0 Å². The molecule has 82 valence electrons. The summed E-state index contributed by atoms with van der Waals surface area (Å²) in [5.41, 5.74) is 5.78. The van der Waals surface area contributed by atoms with Gasteiger partial charge in [0.15, 0.2) is 0 Å². The van der Waals surface area contributed by atoms with Gasteiger partial charge in [-0.15, -0.1) is 0 Å². The highest BCUT2D eigenvalue weighted by Crippen LogP contribution is 2.12. The van der Waals surface area contributed by atoms with Gasteiger partial charge in [-0.25, -0.2) is 0 Å². The van der Waals surface area contributed by atoms with Gasteiger partial charge in [-0.2, -0.15) is 0 Å². The predicted molar refractivity (Wildman–Crippen MR) is 57.9 cm³/mol. The molecule has 2 N–H and O–H groups in total. The first-order chi connectivity index (χ1) is 6.59. The van der Waals surface area contributed by atoms with Gasteiger partial charge in [-0.1, -0.05) is 13.8 Å². The lowest BCUT2D eigenvalue weighted by Gasteiger charge is -2.30. The van der Waals surface area contributed by atoms with Gasteiger partial charge in [-0.3, -0.25) is 4.79 Å². The predicted octanol–water partition coefficient (Wildman–Crippen LogP) is 1.37. The first kappa shape index (κ1) is 11.5. The molecule has 3 heteroatoms. The van der Waals surface area contributed by atoms with Crippen LogP contribution in [0.4, 0.5) is 0 Å². The number of hydrogen-bond acceptors (Lipinski definition) is 2. The van der Waals surface area contributed by atoms with Gasteiger partial charge < -0.3 is 10.6 Å². The Morgan fingerprint density at radius 1 is 1.43 bits per heavy atom. The van der Waals surface area contributed by atoms with Crippen LogP contribution in [0, 0.1) is 5.92 Å². The fourth-order valence-electron chi connectivity index (χ4n) is 1.72. The maximum Gasteiger partial charge on any atom is 0.222 e. The van der Waals surface area contributed by atoms with E-state index in [0.29, 0.717) is 24.3 Å². The van der Waals surface area contributed by atoms with Gasteiger partial charge >= 0.3 is 0 Å². The molecule has 0 spiro atoms. The summed E-state index contributed by atoms with van der Waals surface area (Å²) < 4.78 is 0. The first-order valence-corrected chi connectivity index (χ1v) is 5.63. The average molecular weight is 198 g/mol. The number of carbonyl (C=O) groups is 1. The summed E-state index contributed by atoms with van der Waals surface area (Å²) in [5, 5.41) is 0. The molecule has 0 aromatic heterocycles. The molecule has 0 atom stereocenters. The van der Waals surface area contributed by atoms with E-state index in [1.807, 2.05) is 4.90 Å². The quantitative estimate of drug-likeness (QED) is 0.744. The van der Waals surface area contributed by atoms with E-state index in [1.165, 1.54) is 0 Å². The lowest BCUT2D eigenvalue weighted by molar-refractivity contribution is -0.132. The molecule has 3 nitrogen and oxygen atoms in total. The van der Waals surface area contributed by atoms with E-state index in [0.717, 1.165) is 32.4 Å². The second kappa shape index (κ2) is 5.35. The largest absolute Gasteiger partial charge is 0.343 e. The first-order valence-electron chi connectivity index (χ1n) is 5.63. The number of hydrogen-bond donors (Lipinski definition) is 1. The minimum Gasteiger partial charge on any atom is -0.343 e. The Hall–Kier alpha value is -0.570. The van der Waals surface area contributed by atoms with Crippen molar-refractivity contribution in [1.29, 1.82) is 0 Å². The van der Waals surface area contributed by atoms with Crippen molar-refractivity contribution in [1.82, 2.24) is 4.90 Å². The van der Waals surface area contributed by atoms with Crippen molar-refractivity contribution in [2.45, 2.75) is 45.6 Å². The van der Waals surface area contributed by atoms with Gasteiger partial charge in [0, 0.05) is 25.6 Å². The molecule has 1 fully saturated rings. The van der Waals surface area contributed by atoms with Gasteiger partial charge in [0.05, 0.1) is 0 Å². The van der Waals surface area contributed by atoms with Gasteiger partial charge in [0.2, 0.25) is 5.91 Å². The number of piperidine rings is 1. The maximum absolute atomic E-state index is 11.7. The monoisotopic (exact) mass is 198 g/mol.